The molecule has 1 amide bonds. The summed E-state index contributed by atoms with van der Waals surface area (Å²) in [5.41, 5.74) is 0.238. The van der Waals surface area contributed by atoms with Gasteiger partial charge >= 0.3 is 0 Å². The number of hydrogen-bond donors (Lipinski definition) is 2. The van der Waals surface area contributed by atoms with E-state index in [1.165, 1.54) is 38.5 Å². The summed E-state index contributed by atoms with van der Waals surface area (Å²) in [5.74, 6) is 0.697. The van der Waals surface area contributed by atoms with Crippen molar-refractivity contribution in [2.75, 3.05) is 32.7 Å². The van der Waals surface area contributed by atoms with Crippen LogP contribution in [-0.2, 0) is 26.5 Å². The van der Waals surface area contributed by atoms with Crippen LogP contribution in [0, 0.1) is 0 Å². The number of nitrogens with zero attached hydrogens (tertiary/aromatic N) is 2. The van der Waals surface area contributed by atoms with Gasteiger partial charge in [0.05, 0.1) is 16.5 Å². The zero-order valence-electron chi connectivity index (χ0n) is 20.9. The topological polar surface area (TPSA) is 130 Å². The molecule has 1 heterocycles. The van der Waals surface area contributed by atoms with Crippen molar-refractivity contribution in [1.82, 2.24) is 14.5 Å². The van der Waals surface area contributed by atoms with Crippen molar-refractivity contribution < 1.29 is 32.2 Å². The number of sulfonamides is 1. The average Bonchev–Trinajstić information content (AvgIpc) is 3.27. The molecular formula is C24H29ClN4O7S. The summed E-state index contributed by atoms with van der Waals surface area (Å²) < 4.78 is 50.8. The number of halogens is 1. The third-order valence-electron chi connectivity index (χ3n) is 5.00. The number of carbonyl (C=O) groups excluding carboxylic acids is 1. The molecule has 3 aromatic rings. The zero-order chi connectivity index (χ0) is 27.0. The molecule has 2 aromatic carbocycles. The van der Waals surface area contributed by atoms with Crippen LogP contribution in [0.3, 0.4) is 0 Å². The van der Waals surface area contributed by atoms with Crippen molar-refractivity contribution in [2.45, 2.75) is 24.5 Å². The van der Waals surface area contributed by atoms with Crippen LogP contribution in [0.4, 0.5) is 5.82 Å². The van der Waals surface area contributed by atoms with Crippen molar-refractivity contribution in [3.8, 4) is 17.2 Å². The molecule has 0 saturated heterocycles. The van der Waals surface area contributed by atoms with E-state index in [1.54, 1.807) is 36.1 Å². The van der Waals surface area contributed by atoms with Gasteiger partial charge in [0.2, 0.25) is 10.0 Å². The van der Waals surface area contributed by atoms with E-state index in [-0.39, 0.29) is 40.1 Å². The number of carbonyl (C=O) groups is 1. The number of aromatic nitrogens is 2. The Kier molecular flexibility index (Phi) is 9.89. The molecule has 1 atom stereocenters. The van der Waals surface area contributed by atoms with Crippen LogP contribution < -0.4 is 19.5 Å². The molecule has 1 aromatic heterocycles. The highest BCUT2D eigenvalue weighted by molar-refractivity contribution is 7.89. The largest absolute Gasteiger partial charge is 0.465 e. The summed E-state index contributed by atoms with van der Waals surface area (Å²) in [6.07, 6.45) is 1.73. The van der Waals surface area contributed by atoms with Crippen LogP contribution in [0.25, 0.3) is 0 Å². The van der Waals surface area contributed by atoms with Crippen LogP contribution in [0.15, 0.2) is 53.6 Å². The van der Waals surface area contributed by atoms with Gasteiger partial charge in [0.1, 0.15) is 17.2 Å². The lowest BCUT2D eigenvalue weighted by Crippen LogP contribution is -2.27. The van der Waals surface area contributed by atoms with E-state index in [9.17, 15) is 13.2 Å². The number of hydrogen-bond acceptors (Lipinski definition) is 8. The Labute approximate surface area is 220 Å². The Morgan fingerprint density at radius 2 is 1.89 bits per heavy atom. The molecule has 0 radical (unpaired) electrons. The first-order chi connectivity index (χ1) is 17.6. The lowest BCUT2D eigenvalue weighted by Gasteiger charge is -2.18. The van der Waals surface area contributed by atoms with E-state index in [0.29, 0.717) is 18.0 Å². The highest BCUT2D eigenvalue weighted by Gasteiger charge is 2.18. The summed E-state index contributed by atoms with van der Waals surface area (Å²) in [4.78, 5) is 12.9. The first-order valence-corrected chi connectivity index (χ1v) is 13.1. The second-order valence-electron chi connectivity index (χ2n) is 7.80. The molecule has 13 heteroatoms. The minimum atomic E-state index is -3.78. The van der Waals surface area contributed by atoms with Gasteiger partial charge in [-0.05, 0) is 30.3 Å². The Balaban J connectivity index is 1.88. The van der Waals surface area contributed by atoms with Gasteiger partial charge in [0, 0.05) is 58.1 Å². The second kappa shape index (κ2) is 12.9. The summed E-state index contributed by atoms with van der Waals surface area (Å²) in [7, 11) is 0.948. The van der Waals surface area contributed by atoms with E-state index in [2.05, 4.69) is 15.1 Å². The number of rotatable bonds is 13. The van der Waals surface area contributed by atoms with Crippen LogP contribution in [0.1, 0.15) is 23.7 Å². The van der Waals surface area contributed by atoms with Crippen LogP contribution in [0.5, 0.6) is 17.2 Å². The van der Waals surface area contributed by atoms with Gasteiger partial charge in [-0.1, -0.05) is 18.5 Å². The molecular weight excluding hydrogens is 524 g/mol. The minimum Gasteiger partial charge on any atom is -0.465 e. The van der Waals surface area contributed by atoms with Crippen molar-refractivity contribution in [1.29, 1.82) is 0 Å². The summed E-state index contributed by atoms with van der Waals surface area (Å²) in [6.45, 7) is 2.23. The van der Waals surface area contributed by atoms with Crippen LogP contribution >= 0.6 is 11.6 Å². The van der Waals surface area contributed by atoms with Crippen molar-refractivity contribution in [3.63, 3.8) is 0 Å². The minimum absolute atomic E-state index is 0.0284. The van der Waals surface area contributed by atoms with E-state index >= 15 is 0 Å². The fraction of sp³-hybridized carbons (Fsp3) is 0.333. The third kappa shape index (κ3) is 7.91. The molecule has 0 aliphatic carbocycles. The molecule has 200 valence electrons. The van der Waals surface area contributed by atoms with Crippen molar-refractivity contribution in [3.05, 3.63) is 59.2 Å². The first kappa shape index (κ1) is 28.4. The van der Waals surface area contributed by atoms with E-state index in [4.69, 9.17) is 30.5 Å². The Bertz CT molecular complexity index is 1330. The molecule has 0 bridgehead atoms. The highest BCUT2D eigenvalue weighted by atomic mass is 35.5. The molecule has 11 nitrogen and oxygen atoms in total. The second-order valence-corrected chi connectivity index (χ2v) is 9.97. The van der Waals surface area contributed by atoms with Gasteiger partial charge in [-0.15, -0.1) is 0 Å². The van der Waals surface area contributed by atoms with E-state index < -0.39 is 22.2 Å². The normalized spacial score (nSPS) is 12.2. The predicted octanol–water partition coefficient (Wildman–Crippen LogP) is 3.80. The summed E-state index contributed by atoms with van der Waals surface area (Å²) >= 11 is 6.34. The zero-order valence-corrected chi connectivity index (χ0v) is 22.4. The fourth-order valence-electron chi connectivity index (χ4n) is 3.17. The summed E-state index contributed by atoms with van der Waals surface area (Å²) in [5, 5.41) is 6.92. The number of ether oxygens (including phenoxy) is 4. The van der Waals surface area contributed by atoms with Gasteiger partial charge < -0.3 is 24.3 Å². The average molecular weight is 553 g/mol. The molecule has 37 heavy (non-hydrogen) atoms. The molecule has 0 aliphatic rings. The maximum absolute atomic E-state index is 12.9. The lowest BCUT2D eigenvalue weighted by molar-refractivity contribution is -0.0549. The Hall–Kier alpha value is -3.16. The Morgan fingerprint density at radius 1 is 1.14 bits per heavy atom. The van der Waals surface area contributed by atoms with E-state index in [0.717, 1.165) is 0 Å². The van der Waals surface area contributed by atoms with Gasteiger partial charge in [-0.3, -0.25) is 9.48 Å². The number of benzene rings is 2. The van der Waals surface area contributed by atoms with Crippen LogP contribution in [-0.4, -0.2) is 57.8 Å². The van der Waals surface area contributed by atoms with Gasteiger partial charge in [0.15, 0.2) is 12.1 Å². The highest BCUT2D eigenvalue weighted by Crippen LogP contribution is 2.34. The maximum atomic E-state index is 12.9. The fourth-order valence-corrected chi connectivity index (χ4v) is 4.49. The number of methoxy groups -OCH3 is 2. The molecule has 2 N–H and O–H groups in total. The van der Waals surface area contributed by atoms with Crippen molar-refractivity contribution >= 4 is 33.3 Å². The standard InChI is InChI=1S/C24H29ClN4O7S/c1-5-23(34-4)36-18-13-16(24(30)27-22-8-10-29(2)28-22)12-17(14-18)35-21-7-6-19(15-20(21)25)37(31,32)26-9-11-33-3/h6-8,10,12-15,23,26H,5,9,11H2,1-4H3,(H,27,28,30). The maximum Gasteiger partial charge on any atom is 0.257 e. The van der Waals surface area contributed by atoms with E-state index in [1.807, 2.05) is 6.92 Å². The molecule has 0 spiro atoms. The first-order valence-electron chi connectivity index (χ1n) is 11.3. The number of anilines is 1. The van der Waals surface area contributed by atoms with Crippen LogP contribution in [0.2, 0.25) is 5.02 Å². The third-order valence-corrected chi connectivity index (χ3v) is 6.75. The molecule has 1 unspecified atom stereocenters. The monoisotopic (exact) mass is 552 g/mol. The number of aryl methyl sites for hydroxylation is 1. The van der Waals surface area contributed by atoms with Gasteiger partial charge in [0.25, 0.3) is 5.91 Å². The molecule has 0 aliphatic heterocycles. The van der Waals surface area contributed by atoms with Gasteiger partial charge in [-0.2, -0.15) is 5.10 Å². The SMILES string of the molecule is CCC(OC)Oc1cc(Oc2ccc(S(=O)(=O)NCCOC)cc2Cl)cc(C(=O)Nc2ccn(C)n2)c1. The summed E-state index contributed by atoms with van der Waals surface area (Å²) in [6, 6.07) is 10.4. The predicted molar refractivity (Wildman–Crippen MR) is 138 cm³/mol. The quantitative estimate of drug-likeness (QED) is 0.242. The number of amides is 1. The smallest absolute Gasteiger partial charge is 0.257 e. The van der Waals surface area contributed by atoms with Gasteiger partial charge in [-0.25, -0.2) is 13.1 Å². The molecule has 0 saturated carbocycles. The molecule has 3 rings (SSSR count). The molecule has 0 fully saturated rings. The Morgan fingerprint density at radius 3 is 2.51 bits per heavy atom. The lowest BCUT2D eigenvalue weighted by atomic mass is 10.2. The van der Waals surface area contributed by atoms with Crippen molar-refractivity contribution in [2.24, 2.45) is 7.05 Å². The number of nitrogens with one attached hydrogen (secondary N) is 2.